The average molecular weight is 330 g/mol. The van der Waals surface area contributed by atoms with Crippen molar-refractivity contribution in [2.75, 3.05) is 32.7 Å². The highest BCUT2D eigenvalue weighted by Crippen LogP contribution is 2.21. The molecule has 0 saturated carbocycles. The third-order valence-electron chi connectivity index (χ3n) is 4.15. The Bertz CT molecular complexity index is 693. The van der Waals surface area contributed by atoms with E-state index in [0.29, 0.717) is 23.0 Å². The Morgan fingerprint density at radius 2 is 2.00 bits per heavy atom. The van der Waals surface area contributed by atoms with Gasteiger partial charge in [-0.25, -0.2) is 0 Å². The minimum absolute atomic E-state index is 0.00523. The highest BCUT2D eigenvalue weighted by atomic mass is 16.5. The van der Waals surface area contributed by atoms with Gasteiger partial charge in [0.15, 0.2) is 6.61 Å². The van der Waals surface area contributed by atoms with Crippen LogP contribution in [0.5, 0.6) is 5.75 Å². The summed E-state index contributed by atoms with van der Waals surface area (Å²) in [5.74, 6) is 1.51. The van der Waals surface area contributed by atoms with Crippen molar-refractivity contribution in [3.05, 3.63) is 41.5 Å². The highest BCUT2D eigenvalue weighted by Gasteiger charge is 2.23. The molecule has 0 radical (unpaired) electrons. The first-order chi connectivity index (χ1) is 11.7. The zero-order valence-corrected chi connectivity index (χ0v) is 14.1. The smallest absolute Gasteiger partial charge is 0.257 e. The van der Waals surface area contributed by atoms with Crippen LogP contribution in [0.1, 0.15) is 29.0 Å². The summed E-state index contributed by atoms with van der Waals surface area (Å²) < 4.78 is 10.7. The Morgan fingerprint density at radius 1 is 1.25 bits per heavy atom. The van der Waals surface area contributed by atoms with E-state index in [9.17, 15) is 4.79 Å². The molecule has 0 N–H and O–H groups in total. The van der Waals surface area contributed by atoms with Crippen LogP contribution in [0.2, 0.25) is 0 Å². The number of likely N-dealkylation sites (N-methyl/N-ethyl adjacent to an activating group) is 1. The fourth-order valence-corrected chi connectivity index (χ4v) is 2.75. The molecule has 0 unspecified atom stereocenters. The first-order valence-electron chi connectivity index (χ1n) is 8.20. The molecule has 1 aromatic carbocycles. The SMILES string of the molecule is CCN1CCN(C(=O)c2ccccc2OCc2noc(C)n2)CC1. The number of nitrogens with zero attached hydrogens (tertiary/aromatic N) is 4. The zero-order chi connectivity index (χ0) is 16.9. The van der Waals surface area contributed by atoms with E-state index in [2.05, 4.69) is 22.0 Å². The molecule has 24 heavy (non-hydrogen) atoms. The fourth-order valence-electron chi connectivity index (χ4n) is 2.75. The molecule has 1 aliphatic heterocycles. The molecule has 0 bridgehead atoms. The van der Waals surface area contributed by atoms with E-state index in [4.69, 9.17) is 9.26 Å². The molecule has 0 spiro atoms. The Morgan fingerprint density at radius 3 is 2.67 bits per heavy atom. The van der Waals surface area contributed by atoms with Crippen LogP contribution in [-0.4, -0.2) is 58.6 Å². The number of rotatable bonds is 5. The number of hydrogen-bond acceptors (Lipinski definition) is 6. The van der Waals surface area contributed by atoms with Crippen molar-refractivity contribution in [2.24, 2.45) is 0 Å². The van der Waals surface area contributed by atoms with Crippen molar-refractivity contribution < 1.29 is 14.1 Å². The molecule has 0 aliphatic carbocycles. The first kappa shape index (κ1) is 16.4. The molecule has 128 valence electrons. The summed E-state index contributed by atoms with van der Waals surface area (Å²) in [7, 11) is 0. The van der Waals surface area contributed by atoms with Gasteiger partial charge >= 0.3 is 0 Å². The molecule has 7 nitrogen and oxygen atoms in total. The monoisotopic (exact) mass is 330 g/mol. The number of ether oxygens (including phenoxy) is 1. The number of aromatic nitrogens is 2. The van der Waals surface area contributed by atoms with Gasteiger partial charge in [-0.3, -0.25) is 4.79 Å². The van der Waals surface area contributed by atoms with Gasteiger partial charge in [-0.05, 0) is 18.7 Å². The lowest BCUT2D eigenvalue weighted by Gasteiger charge is -2.34. The van der Waals surface area contributed by atoms with Gasteiger partial charge in [-0.1, -0.05) is 24.2 Å². The topological polar surface area (TPSA) is 71.7 Å². The minimum atomic E-state index is 0.00523. The van der Waals surface area contributed by atoms with E-state index < -0.39 is 0 Å². The number of carbonyl (C=O) groups is 1. The predicted octanol–water partition coefficient (Wildman–Crippen LogP) is 1.73. The van der Waals surface area contributed by atoms with Crippen LogP contribution in [0.15, 0.2) is 28.8 Å². The van der Waals surface area contributed by atoms with E-state index in [1.54, 1.807) is 19.1 Å². The van der Waals surface area contributed by atoms with Gasteiger partial charge in [-0.2, -0.15) is 4.98 Å². The van der Waals surface area contributed by atoms with Gasteiger partial charge in [0.1, 0.15) is 5.75 Å². The number of carbonyl (C=O) groups excluding carboxylic acids is 1. The van der Waals surface area contributed by atoms with Crippen LogP contribution in [0, 0.1) is 6.92 Å². The molecule has 2 aromatic rings. The van der Waals surface area contributed by atoms with Crippen molar-refractivity contribution in [1.82, 2.24) is 19.9 Å². The molecular formula is C17H22N4O3. The fraction of sp³-hybridized carbons (Fsp3) is 0.471. The van der Waals surface area contributed by atoms with Gasteiger partial charge in [0.25, 0.3) is 5.91 Å². The lowest BCUT2D eigenvalue weighted by Crippen LogP contribution is -2.48. The molecule has 7 heteroatoms. The second-order valence-corrected chi connectivity index (χ2v) is 5.74. The third-order valence-corrected chi connectivity index (χ3v) is 4.15. The Kier molecular flexibility index (Phi) is 5.10. The van der Waals surface area contributed by atoms with Crippen LogP contribution in [-0.2, 0) is 6.61 Å². The third kappa shape index (κ3) is 3.73. The van der Waals surface area contributed by atoms with Crippen molar-refractivity contribution in [1.29, 1.82) is 0 Å². The standard InChI is InChI=1S/C17H22N4O3/c1-3-20-8-10-21(11-9-20)17(22)14-6-4-5-7-15(14)23-12-16-18-13(2)24-19-16/h4-7H,3,8-12H2,1-2H3. The van der Waals surface area contributed by atoms with Gasteiger partial charge in [-0.15, -0.1) is 0 Å². The van der Waals surface area contributed by atoms with E-state index >= 15 is 0 Å². The number of piperazine rings is 1. The second kappa shape index (κ2) is 7.44. The molecule has 2 heterocycles. The van der Waals surface area contributed by atoms with Crippen LogP contribution in [0.4, 0.5) is 0 Å². The molecule has 1 aliphatic rings. The Labute approximate surface area is 141 Å². The van der Waals surface area contributed by atoms with E-state index in [1.165, 1.54) is 0 Å². The maximum atomic E-state index is 12.8. The highest BCUT2D eigenvalue weighted by molar-refractivity contribution is 5.97. The number of hydrogen-bond donors (Lipinski definition) is 0. The maximum absolute atomic E-state index is 12.8. The summed E-state index contributed by atoms with van der Waals surface area (Å²) in [6.45, 7) is 8.36. The van der Waals surface area contributed by atoms with Crippen molar-refractivity contribution in [3.63, 3.8) is 0 Å². The van der Waals surface area contributed by atoms with Gasteiger partial charge < -0.3 is 19.1 Å². The van der Waals surface area contributed by atoms with E-state index in [0.717, 1.165) is 32.7 Å². The summed E-state index contributed by atoms with van der Waals surface area (Å²) in [6, 6.07) is 7.29. The van der Waals surface area contributed by atoms with E-state index in [-0.39, 0.29) is 12.5 Å². The molecule has 1 amide bonds. The largest absolute Gasteiger partial charge is 0.485 e. The zero-order valence-electron chi connectivity index (χ0n) is 14.1. The molecular weight excluding hydrogens is 308 g/mol. The van der Waals surface area contributed by atoms with Gasteiger partial charge in [0.05, 0.1) is 5.56 Å². The molecule has 1 fully saturated rings. The number of para-hydroxylation sites is 1. The summed E-state index contributed by atoms with van der Waals surface area (Å²) in [5.41, 5.74) is 0.572. The predicted molar refractivity (Wildman–Crippen MR) is 87.8 cm³/mol. The molecule has 1 aromatic heterocycles. The summed E-state index contributed by atoms with van der Waals surface area (Å²) >= 11 is 0. The lowest BCUT2D eigenvalue weighted by atomic mass is 10.1. The molecule has 3 rings (SSSR count). The van der Waals surface area contributed by atoms with Crippen LogP contribution < -0.4 is 4.74 Å². The van der Waals surface area contributed by atoms with Crippen LogP contribution >= 0.6 is 0 Å². The number of benzene rings is 1. The van der Waals surface area contributed by atoms with Crippen molar-refractivity contribution in [2.45, 2.75) is 20.5 Å². The van der Waals surface area contributed by atoms with E-state index in [1.807, 2.05) is 17.0 Å². The van der Waals surface area contributed by atoms with Crippen LogP contribution in [0.3, 0.4) is 0 Å². The molecule has 1 saturated heterocycles. The van der Waals surface area contributed by atoms with Gasteiger partial charge in [0.2, 0.25) is 11.7 Å². The summed E-state index contributed by atoms with van der Waals surface area (Å²) in [4.78, 5) is 21.1. The van der Waals surface area contributed by atoms with Crippen molar-refractivity contribution in [3.8, 4) is 5.75 Å². The maximum Gasteiger partial charge on any atom is 0.257 e. The normalized spacial score (nSPS) is 15.5. The average Bonchev–Trinajstić information content (AvgIpc) is 3.05. The second-order valence-electron chi connectivity index (χ2n) is 5.74. The minimum Gasteiger partial charge on any atom is -0.485 e. The number of amides is 1. The first-order valence-corrected chi connectivity index (χ1v) is 8.20. The van der Waals surface area contributed by atoms with Crippen LogP contribution in [0.25, 0.3) is 0 Å². The Balaban J connectivity index is 1.68. The number of aryl methyl sites for hydroxylation is 1. The van der Waals surface area contributed by atoms with Gasteiger partial charge in [0, 0.05) is 33.1 Å². The Hall–Kier alpha value is -2.41. The summed E-state index contributed by atoms with van der Waals surface area (Å²) in [5, 5.41) is 3.80. The van der Waals surface area contributed by atoms with Crippen molar-refractivity contribution >= 4 is 5.91 Å². The summed E-state index contributed by atoms with van der Waals surface area (Å²) in [6.07, 6.45) is 0. The molecule has 0 atom stereocenters. The lowest BCUT2D eigenvalue weighted by molar-refractivity contribution is 0.0638. The quantitative estimate of drug-likeness (QED) is 0.831.